The molecule has 1 N–H and O–H groups in total. The van der Waals surface area contributed by atoms with Crippen LogP contribution in [-0.4, -0.2) is 25.2 Å². The Morgan fingerprint density at radius 3 is 2.50 bits per heavy atom. The van der Waals surface area contributed by atoms with E-state index in [1.165, 1.54) is 0 Å². The van der Waals surface area contributed by atoms with Crippen molar-refractivity contribution in [1.29, 1.82) is 0 Å². The lowest BCUT2D eigenvalue weighted by molar-refractivity contribution is 0.0677. The predicted molar refractivity (Wildman–Crippen MR) is 120 cm³/mol. The first kappa shape index (κ1) is 20.4. The van der Waals surface area contributed by atoms with Crippen LogP contribution >= 0.6 is 15.9 Å². The molecule has 1 heterocycles. The van der Waals surface area contributed by atoms with Gasteiger partial charge < -0.3 is 19.5 Å². The van der Waals surface area contributed by atoms with E-state index < -0.39 is 0 Å². The van der Waals surface area contributed by atoms with Crippen molar-refractivity contribution in [2.45, 2.75) is 18.9 Å². The summed E-state index contributed by atoms with van der Waals surface area (Å²) in [7, 11) is 0. The average Bonchev–Trinajstić information content (AvgIpc) is 3.28. The quantitative estimate of drug-likeness (QED) is 0.459. The molecule has 1 fully saturated rings. The second kappa shape index (κ2) is 9.78. The van der Waals surface area contributed by atoms with Gasteiger partial charge in [0.15, 0.2) is 0 Å². The van der Waals surface area contributed by atoms with Crippen LogP contribution in [0.5, 0.6) is 17.2 Å². The number of para-hydroxylation sites is 1. The maximum Gasteiger partial charge on any atom is 0.255 e. The fraction of sp³-hybridized carbons (Fsp3) is 0.208. The lowest BCUT2D eigenvalue weighted by Gasteiger charge is -2.13. The minimum absolute atomic E-state index is 0.147. The summed E-state index contributed by atoms with van der Waals surface area (Å²) in [5.41, 5.74) is 1.23. The zero-order valence-electron chi connectivity index (χ0n) is 16.3. The van der Waals surface area contributed by atoms with E-state index in [0.717, 1.165) is 29.7 Å². The zero-order valence-corrected chi connectivity index (χ0v) is 17.9. The Labute approximate surface area is 184 Å². The third kappa shape index (κ3) is 5.40. The number of benzene rings is 3. The van der Waals surface area contributed by atoms with Crippen LogP contribution in [-0.2, 0) is 4.74 Å². The van der Waals surface area contributed by atoms with E-state index in [1.807, 2.05) is 54.6 Å². The third-order valence-electron chi connectivity index (χ3n) is 4.73. The molecule has 154 valence electrons. The molecule has 0 radical (unpaired) electrons. The molecule has 1 saturated heterocycles. The third-order valence-corrected chi connectivity index (χ3v) is 5.35. The summed E-state index contributed by atoms with van der Waals surface area (Å²) in [6, 6.07) is 22.1. The number of rotatable bonds is 7. The number of carbonyl (C=O) groups is 1. The monoisotopic (exact) mass is 467 g/mol. The summed E-state index contributed by atoms with van der Waals surface area (Å²) < 4.78 is 17.9. The predicted octanol–water partition coefficient (Wildman–Crippen LogP) is 6.05. The molecule has 6 heteroatoms. The van der Waals surface area contributed by atoms with Gasteiger partial charge in [0.05, 0.1) is 10.6 Å². The Morgan fingerprint density at radius 2 is 1.80 bits per heavy atom. The van der Waals surface area contributed by atoms with Gasteiger partial charge in [-0.15, -0.1) is 0 Å². The molecule has 1 aliphatic heterocycles. The Kier molecular flexibility index (Phi) is 6.67. The fourth-order valence-electron chi connectivity index (χ4n) is 3.15. The molecule has 30 heavy (non-hydrogen) atoms. The van der Waals surface area contributed by atoms with Crippen LogP contribution < -0.4 is 14.8 Å². The smallest absolute Gasteiger partial charge is 0.255 e. The van der Waals surface area contributed by atoms with Crippen molar-refractivity contribution in [3.05, 3.63) is 82.8 Å². The molecule has 1 unspecified atom stereocenters. The van der Waals surface area contributed by atoms with E-state index in [-0.39, 0.29) is 12.0 Å². The Balaban J connectivity index is 1.34. The van der Waals surface area contributed by atoms with Crippen LogP contribution in [0.15, 0.2) is 77.3 Å². The van der Waals surface area contributed by atoms with Crippen LogP contribution in [0.3, 0.4) is 0 Å². The van der Waals surface area contributed by atoms with Crippen molar-refractivity contribution in [3.8, 4) is 17.2 Å². The van der Waals surface area contributed by atoms with Gasteiger partial charge in [-0.3, -0.25) is 4.79 Å². The maximum absolute atomic E-state index is 12.6. The standard InChI is InChI=1S/C24H22BrNO4/c25-22-15-17(8-13-23(22)29-16-21-7-4-14-28-21)24(27)26-18-9-11-20(12-10-18)30-19-5-2-1-3-6-19/h1-3,5-6,8-13,15,21H,4,7,14,16H2,(H,26,27). The number of carbonyl (C=O) groups excluding carboxylic acids is 1. The van der Waals surface area contributed by atoms with Gasteiger partial charge in [0.2, 0.25) is 0 Å². The summed E-state index contributed by atoms with van der Waals surface area (Å²) >= 11 is 3.49. The lowest BCUT2D eigenvalue weighted by atomic mass is 10.2. The van der Waals surface area contributed by atoms with Gasteiger partial charge in [0, 0.05) is 17.9 Å². The van der Waals surface area contributed by atoms with Gasteiger partial charge in [-0.2, -0.15) is 0 Å². The summed E-state index contributed by atoms with van der Waals surface area (Å²) in [5, 5.41) is 2.90. The van der Waals surface area contributed by atoms with Crippen LogP contribution in [0.4, 0.5) is 5.69 Å². The summed E-state index contributed by atoms with van der Waals surface area (Å²) in [6.07, 6.45) is 2.25. The average molecular weight is 468 g/mol. The highest BCUT2D eigenvalue weighted by Crippen LogP contribution is 2.28. The minimum atomic E-state index is -0.196. The molecule has 0 aromatic heterocycles. The van der Waals surface area contributed by atoms with Crippen molar-refractivity contribution >= 4 is 27.5 Å². The van der Waals surface area contributed by atoms with Crippen molar-refractivity contribution in [3.63, 3.8) is 0 Å². The van der Waals surface area contributed by atoms with E-state index in [1.54, 1.807) is 18.2 Å². The SMILES string of the molecule is O=C(Nc1ccc(Oc2ccccc2)cc1)c1ccc(OCC2CCCO2)c(Br)c1. The molecule has 3 aromatic rings. The zero-order chi connectivity index (χ0) is 20.8. The van der Waals surface area contributed by atoms with Gasteiger partial charge in [-0.25, -0.2) is 0 Å². The molecule has 1 amide bonds. The first-order chi connectivity index (χ1) is 14.7. The van der Waals surface area contributed by atoms with Crippen molar-refractivity contribution < 1.29 is 19.0 Å². The largest absolute Gasteiger partial charge is 0.490 e. The van der Waals surface area contributed by atoms with E-state index in [9.17, 15) is 4.79 Å². The molecule has 0 bridgehead atoms. The highest BCUT2D eigenvalue weighted by molar-refractivity contribution is 9.10. The van der Waals surface area contributed by atoms with Gasteiger partial charge >= 0.3 is 0 Å². The minimum Gasteiger partial charge on any atom is -0.490 e. The van der Waals surface area contributed by atoms with Crippen LogP contribution in [0.2, 0.25) is 0 Å². The van der Waals surface area contributed by atoms with Crippen LogP contribution in [0.1, 0.15) is 23.2 Å². The van der Waals surface area contributed by atoms with E-state index >= 15 is 0 Å². The van der Waals surface area contributed by atoms with E-state index in [0.29, 0.717) is 29.4 Å². The fourth-order valence-corrected chi connectivity index (χ4v) is 3.65. The molecule has 1 atom stereocenters. The number of halogens is 1. The van der Waals surface area contributed by atoms with Gasteiger partial charge in [0.1, 0.15) is 23.9 Å². The normalized spacial score (nSPS) is 15.6. The molecule has 3 aromatic carbocycles. The Morgan fingerprint density at radius 1 is 1.03 bits per heavy atom. The highest BCUT2D eigenvalue weighted by Gasteiger charge is 2.17. The molecule has 0 saturated carbocycles. The molecular formula is C24H22BrNO4. The number of hydrogen-bond acceptors (Lipinski definition) is 4. The molecule has 0 spiro atoms. The molecule has 0 aliphatic carbocycles. The second-order valence-electron chi connectivity index (χ2n) is 6.98. The van der Waals surface area contributed by atoms with E-state index in [2.05, 4.69) is 21.2 Å². The van der Waals surface area contributed by atoms with Gasteiger partial charge in [-0.05, 0) is 83.4 Å². The second-order valence-corrected chi connectivity index (χ2v) is 7.84. The van der Waals surface area contributed by atoms with Crippen molar-refractivity contribution in [1.82, 2.24) is 0 Å². The summed E-state index contributed by atoms with van der Waals surface area (Å²) in [6.45, 7) is 1.31. The topological polar surface area (TPSA) is 56.8 Å². The Hall–Kier alpha value is -2.83. The number of anilines is 1. The van der Waals surface area contributed by atoms with Crippen LogP contribution in [0.25, 0.3) is 0 Å². The maximum atomic E-state index is 12.6. The van der Waals surface area contributed by atoms with Crippen LogP contribution in [0, 0.1) is 0 Å². The summed E-state index contributed by atoms with van der Waals surface area (Å²) in [5.74, 6) is 1.97. The van der Waals surface area contributed by atoms with Gasteiger partial charge in [-0.1, -0.05) is 18.2 Å². The first-order valence-corrected chi connectivity index (χ1v) is 10.6. The molecule has 4 rings (SSSR count). The number of nitrogens with one attached hydrogen (secondary N) is 1. The number of amides is 1. The van der Waals surface area contributed by atoms with E-state index in [4.69, 9.17) is 14.2 Å². The first-order valence-electron chi connectivity index (χ1n) is 9.86. The van der Waals surface area contributed by atoms with Crippen molar-refractivity contribution in [2.75, 3.05) is 18.5 Å². The molecular weight excluding hydrogens is 446 g/mol. The van der Waals surface area contributed by atoms with Gasteiger partial charge in [0.25, 0.3) is 5.91 Å². The number of hydrogen-bond donors (Lipinski definition) is 1. The van der Waals surface area contributed by atoms with Crippen molar-refractivity contribution in [2.24, 2.45) is 0 Å². The highest BCUT2D eigenvalue weighted by atomic mass is 79.9. The summed E-state index contributed by atoms with van der Waals surface area (Å²) in [4.78, 5) is 12.6. The molecule has 1 aliphatic rings. The molecule has 5 nitrogen and oxygen atoms in total. The lowest BCUT2D eigenvalue weighted by Crippen LogP contribution is -2.16. The number of ether oxygens (including phenoxy) is 3. The Bertz CT molecular complexity index is 986.